The molecule has 5 rings (SSSR count). The standard InChI is InChI=1S/C39H44N2S/c1-28(38(2,3)32-20-11-13-22-34(32)40-6)24-25-29-16-15-17-30(37(29)42-31-18-9-8-10-19-31)26-27-36-39(4,5)33-21-12-14-23-35(33)41(36)7/h8-14,18-27,40H,1,15-17H2,2-7H3/b25-24+,30-26+,36-27+. The number of likely N-dealkylation sites (N-methyl/N-ethyl adjacent to an activating group) is 1. The zero-order valence-electron chi connectivity index (χ0n) is 26.0. The lowest BCUT2D eigenvalue weighted by atomic mass is 9.77. The highest BCUT2D eigenvalue weighted by molar-refractivity contribution is 8.03. The number of hydrogen-bond donors (Lipinski definition) is 1. The van der Waals surface area contributed by atoms with Crippen molar-refractivity contribution in [3.63, 3.8) is 0 Å². The molecule has 0 radical (unpaired) electrons. The van der Waals surface area contributed by atoms with Gasteiger partial charge < -0.3 is 10.2 Å². The number of benzene rings is 3. The molecule has 3 aromatic carbocycles. The minimum Gasteiger partial charge on any atom is -0.388 e. The van der Waals surface area contributed by atoms with Gasteiger partial charge in [0.15, 0.2) is 0 Å². The maximum absolute atomic E-state index is 4.55. The summed E-state index contributed by atoms with van der Waals surface area (Å²) in [5.74, 6) is 0. The molecule has 0 atom stereocenters. The predicted molar refractivity (Wildman–Crippen MR) is 185 cm³/mol. The molecule has 42 heavy (non-hydrogen) atoms. The van der Waals surface area contributed by atoms with Crippen LogP contribution in [0, 0.1) is 0 Å². The summed E-state index contributed by atoms with van der Waals surface area (Å²) in [5.41, 5.74) is 10.1. The first kappa shape index (κ1) is 29.8. The Morgan fingerprint density at radius 3 is 2.36 bits per heavy atom. The van der Waals surface area contributed by atoms with E-state index in [1.807, 2.05) is 18.8 Å². The topological polar surface area (TPSA) is 15.3 Å². The maximum Gasteiger partial charge on any atom is 0.0447 e. The Kier molecular flexibility index (Phi) is 8.70. The first-order valence-corrected chi connectivity index (χ1v) is 15.8. The van der Waals surface area contributed by atoms with Crippen molar-refractivity contribution in [1.82, 2.24) is 0 Å². The molecule has 0 fully saturated rings. The number of anilines is 2. The molecule has 1 N–H and O–H groups in total. The van der Waals surface area contributed by atoms with E-state index in [1.165, 1.54) is 43.5 Å². The van der Waals surface area contributed by atoms with Crippen LogP contribution in [0.5, 0.6) is 0 Å². The highest BCUT2D eigenvalue weighted by Gasteiger charge is 2.37. The van der Waals surface area contributed by atoms with Crippen LogP contribution in [0.4, 0.5) is 11.4 Å². The van der Waals surface area contributed by atoms with Gasteiger partial charge in [-0.1, -0.05) is 119 Å². The fourth-order valence-corrected chi connectivity index (χ4v) is 7.40. The summed E-state index contributed by atoms with van der Waals surface area (Å²) in [4.78, 5) is 5.00. The first-order chi connectivity index (χ1) is 20.1. The van der Waals surface area contributed by atoms with Gasteiger partial charge in [-0.3, -0.25) is 0 Å². The van der Waals surface area contributed by atoms with Crippen LogP contribution < -0.4 is 10.2 Å². The normalized spacial score (nSPS) is 18.7. The van der Waals surface area contributed by atoms with Crippen molar-refractivity contribution in [2.45, 2.75) is 62.7 Å². The van der Waals surface area contributed by atoms with Crippen LogP contribution >= 0.6 is 11.8 Å². The lowest BCUT2D eigenvalue weighted by Crippen LogP contribution is -2.22. The summed E-state index contributed by atoms with van der Waals surface area (Å²) in [6, 6.07) is 28.1. The van der Waals surface area contributed by atoms with E-state index in [9.17, 15) is 0 Å². The fourth-order valence-electron chi connectivity index (χ4n) is 6.27. The molecule has 0 bridgehead atoms. The highest BCUT2D eigenvalue weighted by Crippen LogP contribution is 2.47. The Balaban J connectivity index is 1.52. The molecule has 0 spiro atoms. The van der Waals surface area contributed by atoms with Crippen LogP contribution in [0.25, 0.3) is 0 Å². The molecule has 216 valence electrons. The van der Waals surface area contributed by atoms with Crippen molar-refractivity contribution >= 4 is 23.1 Å². The predicted octanol–water partition coefficient (Wildman–Crippen LogP) is 10.6. The van der Waals surface area contributed by atoms with Crippen molar-refractivity contribution in [2.24, 2.45) is 0 Å². The second kappa shape index (κ2) is 12.3. The number of hydrogen-bond acceptors (Lipinski definition) is 3. The molecular weight excluding hydrogens is 529 g/mol. The Hall–Kier alpha value is -3.69. The lowest BCUT2D eigenvalue weighted by Gasteiger charge is -2.29. The van der Waals surface area contributed by atoms with Gasteiger partial charge >= 0.3 is 0 Å². The zero-order valence-corrected chi connectivity index (χ0v) is 26.8. The molecule has 0 saturated carbocycles. The molecule has 0 amide bonds. The van der Waals surface area contributed by atoms with Crippen LogP contribution in [0.2, 0.25) is 0 Å². The Morgan fingerprint density at radius 2 is 1.62 bits per heavy atom. The van der Waals surface area contributed by atoms with Crippen molar-refractivity contribution in [3.8, 4) is 0 Å². The van der Waals surface area contributed by atoms with Crippen LogP contribution in [-0.2, 0) is 10.8 Å². The SMILES string of the molecule is C=C(/C=C/C1=C(Sc2ccccc2)C(=C/C=C2/N(C)c3ccccc3C2(C)C)/CCC1)C(C)(C)c1ccccc1NC. The fraction of sp³-hybridized carbons (Fsp3) is 0.282. The Labute approximate surface area is 257 Å². The second-order valence-corrected chi connectivity index (χ2v) is 13.4. The molecule has 0 unspecified atom stereocenters. The quantitative estimate of drug-likeness (QED) is 0.270. The van der Waals surface area contributed by atoms with Crippen LogP contribution in [-0.4, -0.2) is 14.1 Å². The number of thioether (sulfide) groups is 1. The van der Waals surface area contributed by atoms with Gasteiger partial charge in [0, 0.05) is 51.8 Å². The summed E-state index contributed by atoms with van der Waals surface area (Å²) >= 11 is 1.89. The van der Waals surface area contributed by atoms with E-state index >= 15 is 0 Å². The molecule has 2 aliphatic rings. The first-order valence-electron chi connectivity index (χ1n) is 15.0. The molecule has 1 aliphatic heterocycles. The molecule has 2 nitrogen and oxygen atoms in total. The highest BCUT2D eigenvalue weighted by atomic mass is 32.2. The number of para-hydroxylation sites is 2. The van der Waals surface area contributed by atoms with Crippen molar-refractivity contribution in [2.75, 3.05) is 24.3 Å². The van der Waals surface area contributed by atoms with E-state index in [0.29, 0.717) is 0 Å². The minimum atomic E-state index is -0.200. The number of allylic oxidation sites excluding steroid dienone is 8. The van der Waals surface area contributed by atoms with Crippen molar-refractivity contribution < 1.29 is 0 Å². The van der Waals surface area contributed by atoms with E-state index in [-0.39, 0.29) is 10.8 Å². The van der Waals surface area contributed by atoms with Gasteiger partial charge in [-0.15, -0.1) is 0 Å². The zero-order chi connectivity index (χ0) is 29.9. The Morgan fingerprint density at radius 1 is 0.929 bits per heavy atom. The molecule has 3 aromatic rings. The summed E-state index contributed by atoms with van der Waals surface area (Å²) in [6.07, 6.45) is 12.6. The third-order valence-electron chi connectivity index (χ3n) is 8.98. The number of nitrogens with zero attached hydrogens (tertiary/aromatic N) is 1. The van der Waals surface area contributed by atoms with Crippen LogP contribution in [0.3, 0.4) is 0 Å². The number of fused-ring (bicyclic) bond motifs is 1. The smallest absolute Gasteiger partial charge is 0.0447 e. The number of rotatable bonds is 8. The third-order valence-corrected chi connectivity index (χ3v) is 10.2. The molecular formula is C39H44N2S. The van der Waals surface area contributed by atoms with E-state index < -0.39 is 0 Å². The summed E-state index contributed by atoms with van der Waals surface area (Å²) in [7, 11) is 4.18. The van der Waals surface area contributed by atoms with E-state index in [0.717, 1.165) is 30.5 Å². The third kappa shape index (κ3) is 5.80. The van der Waals surface area contributed by atoms with Crippen LogP contribution in [0.1, 0.15) is 58.1 Å². The van der Waals surface area contributed by atoms with E-state index in [1.54, 1.807) is 0 Å². The van der Waals surface area contributed by atoms with E-state index in [4.69, 9.17) is 0 Å². The summed E-state index contributed by atoms with van der Waals surface area (Å²) in [5, 5.41) is 3.36. The lowest BCUT2D eigenvalue weighted by molar-refractivity contribution is 0.640. The average Bonchev–Trinajstić information content (AvgIpc) is 3.20. The second-order valence-electron chi connectivity index (χ2n) is 12.3. The van der Waals surface area contributed by atoms with E-state index in [2.05, 4.69) is 155 Å². The molecule has 0 aromatic heterocycles. The molecule has 0 saturated heterocycles. The van der Waals surface area contributed by atoms with Gasteiger partial charge in [-0.25, -0.2) is 0 Å². The largest absolute Gasteiger partial charge is 0.388 e. The summed E-state index contributed by atoms with van der Waals surface area (Å²) < 4.78 is 0. The van der Waals surface area contributed by atoms with Gasteiger partial charge in [-0.2, -0.15) is 0 Å². The minimum absolute atomic E-state index is 0.0385. The van der Waals surface area contributed by atoms with Gasteiger partial charge in [-0.05, 0) is 77.5 Å². The van der Waals surface area contributed by atoms with Gasteiger partial charge in [0.25, 0.3) is 0 Å². The van der Waals surface area contributed by atoms with Gasteiger partial charge in [0.05, 0.1) is 0 Å². The number of nitrogens with one attached hydrogen (secondary N) is 1. The molecule has 3 heteroatoms. The molecule has 1 heterocycles. The van der Waals surface area contributed by atoms with Gasteiger partial charge in [0.1, 0.15) is 0 Å². The van der Waals surface area contributed by atoms with Crippen molar-refractivity contribution in [1.29, 1.82) is 0 Å². The summed E-state index contributed by atoms with van der Waals surface area (Å²) in [6.45, 7) is 13.8. The monoisotopic (exact) mass is 572 g/mol. The Bertz CT molecular complexity index is 1580. The van der Waals surface area contributed by atoms with Crippen molar-refractivity contribution in [3.05, 3.63) is 148 Å². The van der Waals surface area contributed by atoms with Gasteiger partial charge in [0.2, 0.25) is 0 Å². The van der Waals surface area contributed by atoms with Crippen LogP contribution in [0.15, 0.2) is 142 Å². The molecule has 1 aliphatic carbocycles. The average molecular weight is 573 g/mol. The maximum atomic E-state index is 4.55.